The largest absolute Gasteiger partial charge is 0.394 e. The number of likely N-dealkylation sites (N-methyl/N-ethyl adjacent to an activating group) is 1. The molecule has 0 bridgehead atoms. The molecule has 4 heteroatoms. The van der Waals surface area contributed by atoms with Crippen molar-refractivity contribution >= 4 is 11.6 Å². The van der Waals surface area contributed by atoms with Crippen molar-refractivity contribution in [3.05, 3.63) is 11.8 Å². The van der Waals surface area contributed by atoms with Gasteiger partial charge in [-0.3, -0.25) is 4.79 Å². The Kier molecular flexibility index (Phi) is 3.17. The van der Waals surface area contributed by atoms with Crippen molar-refractivity contribution in [2.24, 2.45) is 5.73 Å². The number of nitrogens with two attached hydrogens (primary N) is 1. The van der Waals surface area contributed by atoms with Gasteiger partial charge >= 0.3 is 0 Å². The molecule has 0 radical (unpaired) electrons. The fourth-order valence-corrected chi connectivity index (χ4v) is 0.443. The van der Waals surface area contributed by atoms with Gasteiger partial charge in [-0.25, -0.2) is 0 Å². The second-order valence-electron chi connectivity index (χ2n) is 1.86. The van der Waals surface area contributed by atoms with Gasteiger partial charge < -0.3 is 16.5 Å². The predicted octanol–water partition coefficient (Wildman–Crippen LogP) is -0.385. The van der Waals surface area contributed by atoms with Gasteiger partial charge in [0.1, 0.15) is 0 Å². The van der Waals surface area contributed by atoms with E-state index in [0.29, 0.717) is 0 Å². The SMILES string of the molecule is CNC(=O)/C(N)=C/C(C)=N. The zero-order valence-corrected chi connectivity index (χ0v) is 6.06. The van der Waals surface area contributed by atoms with E-state index in [-0.39, 0.29) is 17.3 Å². The van der Waals surface area contributed by atoms with Crippen molar-refractivity contribution in [2.45, 2.75) is 6.92 Å². The zero-order valence-electron chi connectivity index (χ0n) is 6.06. The molecule has 0 atom stereocenters. The topological polar surface area (TPSA) is 79.0 Å². The highest BCUT2D eigenvalue weighted by atomic mass is 16.1. The third-order valence-corrected chi connectivity index (χ3v) is 0.861. The molecule has 4 nitrogen and oxygen atoms in total. The molecule has 0 aromatic heterocycles. The van der Waals surface area contributed by atoms with E-state index in [1.165, 1.54) is 13.1 Å². The molecule has 0 fully saturated rings. The van der Waals surface area contributed by atoms with E-state index in [4.69, 9.17) is 11.1 Å². The lowest BCUT2D eigenvalue weighted by Gasteiger charge is -1.96. The first-order valence-electron chi connectivity index (χ1n) is 2.82. The summed E-state index contributed by atoms with van der Waals surface area (Å²) in [4.78, 5) is 10.6. The van der Waals surface area contributed by atoms with E-state index >= 15 is 0 Å². The minimum atomic E-state index is -0.355. The summed E-state index contributed by atoms with van der Waals surface area (Å²) in [6.45, 7) is 1.55. The molecule has 0 rings (SSSR count). The van der Waals surface area contributed by atoms with Crippen LogP contribution in [0.3, 0.4) is 0 Å². The smallest absolute Gasteiger partial charge is 0.266 e. The van der Waals surface area contributed by atoms with Gasteiger partial charge in [0.05, 0.1) is 5.70 Å². The normalized spacial score (nSPS) is 10.8. The Morgan fingerprint density at radius 1 is 1.70 bits per heavy atom. The van der Waals surface area contributed by atoms with E-state index in [0.717, 1.165) is 0 Å². The summed E-state index contributed by atoms with van der Waals surface area (Å²) in [5.74, 6) is -0.355. The van der Waals surface area contributed by atoms with Crippen LogP contribution in [0, 0.1) is 5.41 Å². The van der Waals surface area contributed by atoms with E-state index in [9.17, 15) is 4.79 Å². The number of carbonyl (C=O) groups excluding carboxylic acids is 1. The molecule has 1 amide bonds. The van der Waals surface area contributed by atoms with Crippen LogP contribution in [0.4, 0.5) is 0 Å². The first-order valence-corrected chi connectivity index (χ1v) is 2.82. The molecule has 56 valence electrons. The summed E-state index contributed by atoms with van der Waals surface area (Å²) in [7, 11) is 1.49. The van der Waals surface area contributed by atoms with Gasteiger partial charge in [0.25, 0.3) is 5.91 Å². The molecule has 4 N–H and O–H groups in total. The lowest BCUT2D eigenvalue weighted by Crippen LogP contribution is -2.25. The molecule has 0 aromatic rings. The average molecular weight is 141 g/mol. The van der Waals surface area contributed by atoms with Crippen molar-refractivity contribution in [1.82, 2.24) is 5.32 Å². The van der Waals surface area contributed by atoms with E-state index < -0.39 is 0 Å². The molecule has 0 spiro atoms. The maximum Gasteiger partial charge on any atom is 0.266 e. The molecular formula is C6H11N3O. The lowest BCUT2D eigenvalue weighted by atomic mass is 10.3. The average Bonchev–Trinajstić information content (AvgIpc) is 1.85. The highest BCUT2D eigenvalue weighted by Crippen LogP contribution is 1.83. The van der Waals surface area contributed by atoms with Gasteiger partial charge in [0.15, 0.2) is 0 Å². The predicted molar refractivity (Wildman–Crippen MR) is 39.7 cm³/mol. The number of hydrogen-bond acceptors (Lipinski definition) is 3. The Morgan fingerprint density at radius 2 is 2.20 bits per heavy atom. The molecule has 10 heavy (non-hydrogen) atoms. The molecule has 0 aliphatic heterocycles. The molecule has 0 saturated heterocycles. The van der Waals surface area contributed by atoms with Crippen molar-refractivity contribution in [2.75, 3.05) is 7.05 Å². The van der Waals surface area contributed by atoms with Gasteiger partial charge in [0.2, 0.25) is 0 Å². The molecule has 0 aromatic carbocycles. The van der Waals surface area contributed by atoms with Crippen LogP contribution in [0.2, 0.25) is 0 Å². The molecule has 0 aliphatic rings. The molecule has 0 unspecified atom stereocenters. The van der Waals surface area contributed by atoms with Crippen LogP contribution in [0.15, 0.2) is 11.8 Å². The standard InChI is InChI=1S/C6H11N3O/c1-4(7)3-5(8)6(10)9-2/h3,7H,8H2,1-2H3,(H,9,10)/b5-3-,7-4?. The van der Waals surface area contributed by atoms with Crippen LogP contribution in [-0.2, 0) is 4.79 Å². The number of rotatable bonds is 2. The van der Waals surface area contributed by atoms with E-state index in [1.54, 1.807) is 6.92 Å². The number of allylic oxidation sites excluding steroid dienone is 1. The number of amides is 1. The Hall–Kier alpha value is -1.32. The summed E-state index contributed by atoms with van der Waals surface area (Å²) < 4.78 is 0. The van der Waals surface area contributed by atoms with Crippen LogP contribution < -0.4 is 11.1 Å². The minimum absolute atomic E-state index is 0.0648. The van der Waals surface area contributed by atoms with Gasteiger partial charge in [0, 0.05) is 12.8 Å². The summed E-state index contributed by atoms with van der Waals surface area (Å²) >= 11 is 0. The maximum atomic E-state index is 10.6. The second kappa shape index (κ2) is 3.66. The Morgan fingerprint density at radius 3 is 2.50 bits per heavy atom. The third kappa shape index (κ3) is 2.86. The number of carbonyl (C=O) groups is 1. The highest BCUT2D eigenvalue weighted by molar-refractivity contribution is 6.01. The zero-order chi connectivity index (χ0) is 8.15. The monoisotopic (exact) mass is 141 g/mol. The van der Waals surface area contributed by atoms with E-state index in [1.807, 2.05) is 0 Å². The number of hydrogen-bond donors (Lipinski definition) is 3. The molecular weight excluding hydrogens is 130 g/mol. The summed E-state index contributed by atoms with van der Waals surface area (Å²) in [6, 6.07) is 0. The fraction of sp³-hybridized carbons (Fsp3) is 0.333. The van der Waals surface area contributed by atoms with Crippen LogP contribution >= 0.6 is 0 Å². The second-order valence-corrected chi connectivity index (χ2v) is 1.86. The maximum absolute atomic E-state index is 10.6. The highest BCUT2D eigenvalue weighted by Gasteiger charge is 1.99. The molecule has 0 heterocycles. The van der Waals surface area contributed by atoms with Gasteiger partial charge in [-0.15, -0.1) is 0 Å². The van der Waals surface area contributed by atoms with Crippen molar-refractivity contribution in [3.8, 4) is 0 Å². The minimum Gasteiger partial charge on any atom is -0.394 e. The van der Waals surface area contributed by atoms with Crippen molar-refractivity contribution in [1.29, 1.82) is 5.41 Å². The summed E-state index contributed by atoms with van der Waals surface area (Å²) in [6.07, 6.45) is 1.30. The Bertz CT molecular complexity index is 183. The van der Waals surface area contributed by atoms with Gasteiger partial charge in [-0.05, 0) is 13.0 Å². The third-order valence-electron chi connectivity index (χ3n) is 0.861. The quantitative estimate of drug-likeness (QED) is 0.362. The van der Waals surface area contributed by atoms with Crippen LogP contribution in [0.5, 0.6) is 0 Å². The van der Waals surface area contributed by atoms with Gasteiger partial charge in [-0.2, -0.15) is 0 Å². The fourth-order valence-electron chi connectivity index (χ4n) is 0.443. The Balaban J connectivity index is 4.19. The lowest BCUT2D eigenvalue weighted by molar-refractivity contribution is -0.117. The van der Waals surface area contributed by atoms with Crippen LogP contribution in [0.1, 0.15) is 6.92 Å². The molecule has 0 aliphatic carbocycles. The molecule has 0 saturated carbocycles. The van der Waals surface area contributed by atoms with Crippen LogP contribution in [0.25, 0.3) is 0 Å². The van der Waals surface area contributed by atoms with E-state index in [2.05, 4.69) is 5.32 Å². The number of nitrogens with one attached hydrogen (secondary N) is 2. The van der Waals surface area contributed by atoms with Crippen LogP contribution in [-0.4, -0.2) is 18.7 Å². The Labute approximate surface area is 59.6 Å². The summed E-state index contributed by atoms with van der Waals surface area (Å²) in [5.41, 5.74) is 5.57. The van der Waals surface area contributed by atoms with Crippen molar-refractivity contribution < 1.29 is 4.79 Å². The summed E-state index contributed by atoms with van der Waals surface area (Å²) in [5, 5.41) is 9.30. The van der Waals surface area contributed by atoms with Gasteiger partial charge in [-0.1, -0.05) is 0 Å². The van der Waals surface area contributed by atoms with Crippen molar-refractivity contribution in [3.63, 3.8) is 0 Å². The first-order chi connectivity index (χ1) is 4.57. The first kappa shape index (κ1) is 8.68.